The van der Waals surface area contributed by atoms with E-state index < -0.39 is 0 Å². The number of benzene rings is 1. The van der Waals surface area contributed by atoms with Crippen molar-refractivity contribution in [2.75, 3.05) is 19.7 Å². The number of carbonyl (C=O) groups excluding carboxylic acids is 2. The molecule has 29 heavy (non-hydrogen) atoms. The van der Waals surface area contributed by atoms with Crippen molar-refractivity contribution in [1.29, 1.82) is 0 Å². The van der Waals surface area contributed by atoms with Crippen molar-refractivity contribution in [2.45, 2.75) is 45.6 Å². The molecule has 0 bridgehead atoms. The highest BCUT2D eigenvalue weighted by Gasteiger charge is 2.24. The van der Waals surface area contributed by atoms with E-state index in [-0.39, 0.29) is 17.9 Å². The average Bonchev–Trinajstić information content (AvgIpc) is 2.73. The number of para-hydroxylation sites is 1. The highest BCUT2D eigenvalue weighted by Crippen LogP contribution is 2.22. The average molecular weight is 396 g/mol. The van der Waals surface area contributed by atoms with Crippen LogP contribution in [0.4, 0.5) is 0 Å². The number of aromatic nitrogens is 1. The van der Waals surface area contributed by atoms with Gasteiger partial charge >= 0.3 is 0 Å². The second kappa shape index (κ2) is 10.0. The van der Waals surface area contributed by atoms with E-state index in [9.17, 15) is 9.59 Å². The van der Waals surface area contributed by atoms with E-state index in [1.54, 1.807) is 24.5 Å². The topological polar surface area (TPSA) is 71.5 Å². The van der Waals surface area contributed by atoms with Gasteiger partial charge in [0.15, 0.2) is 0 Å². The van der Waals surface area contributed by atoms with Crippen molar-refractivity contribution >= 4 is 11.8 Å². The molecule has 6 heteroatoms. The van der Waals surface area contributed by atoms with Crippen LogP contribution in [0.15, 0.2) is 42.7 Å². The van der Waals surface area contributed by atoms with Gasteiger partial charge in [-0.25, -0.2) is 0 Å². The summed E-state index contributed by atoms with van der Waals surface area (Å²) in [5.74, 6) is 0.994. The highest BCUT2D eigenvalue weighted by atomic mass is 16.5. The summed E-state index contributed by atoms with van der Waals surface area (Å²) in [5, 5.41) is 3.10. The Morgan fingerprint density at radius 3 is 2.41 bits per heavy atom. The minimum atomic E-state index is 0.0285. The molecule has 0 spiro atoms. The summed E-state index contributed by atoms with van der Waals surface area (Å²) < 4.78 is 5.86. The molecule has 1 aromatic heterocycles. The van der Waals surface area contributed by atoms with Crippen molar-refractivity contribution < 1.29 is 14.3 Å². The lowest BCUT2D eigenvalue weighted by Crippen LogP contribution is -2.46. The number of amides is 2. The van der Waals surface area contributed by atoms with E-state index in [1.807, 2.05) is 36.9 Å². The molecular formula is C23H29N3O3. The molecule has 3 rings (SSSR count). The molecular weight excluding hydrogens is 366 g/mol. The Kier molecular flexibility index (Phi) is 7.22. The van der Waals surface area contributed by atoms with Gasteiger partial charge in [-0.1, -0.05) is 18.2 Å². The predicted octanol–water partition coefficient (Wildman–Crippen LogP) is 3.28. The largest absolute Gasteiger partial charge is 0.493 e. The van der Waals surface area contributed by atoms with Gasteiger partial charge in [0, 0.05) is 43.5 Å². The number of piperidine rings is 1. The first-order chi connectivity index (χ1) is 14.0. The van der Waals surface area contributed by atoms with Gasteiger partial charge in [-0.3, -0.25) is 14.6 Å². The Bertz CT molecular complexity index is 810. The minimum Gasteiger partial charge on any atom is -0.493 e. The number of likely N-dealkylation sites (tertiary alicyclic amines) is 1. The first-order valence-electron chi connectivity index (χ1n) is 10.2. The van der Waals surface area contributed by atoms with Gasteiger partial charge in [-0.15, -0.1) is 0 Å². The summed E-state index contributed by atoms with van der Waals surface area (Å²) in [4.78, 5) is 30.5. The molecule has 2 amide bonds. The predicted molar refractivity (Wildman–Crippen MR) is 112 cm³/mol. The number of hydrogen-bond acceptors (Lipinski definition) is 4. The number of carbonyl (C=O) groups is 2. The molecule has 2 heterocycles. The van der Waals surface area contributed by atoms with Crippen LogP contribution in [0.1, 0.15) is 47.2 Å². The molecule has 6 nitrogen and oxygen atoms in total. The number of pyridine rings is 1. The maximum absolute atomic E-state index is 12.5. The number of rotatable bonds is 7. The third-order valence-electron chi connectivity index (χ3n) is 5.28. The number of hydrogen-bond donors (Lipinski definition) is 1. The van der Waals surface area contributed by atoms with Crippen molar-refractivity contribution in [3.8, 4) is 5.75 Å². The Balaban J connectivity index is 1.35. The summed E-state index contributed by atoms with van der Waals surface area (Å²) in [6.45, 7) is 5.89. The summed E-state index contributed by atoms with van der Waals surface area (Å²) in [6, 6.07) is 9.67. The van der Waals surface area contributed by atoms with E-state index in [1.165, 1.54) is 0 Å². The maximum Gasteiger partial charge on any atom is 0.253 e. The van der Waals surface area contributed by atoms with Crippen molar-refractivity contribution in [3.05, 3.63) is 59.4 Å². The van der Waals surface area contributed by atoms with Crippen LogP contribution in [0.3, 0.4) is 0 Å². The zero-order chi connectivity index (χ0) is 20.6. The standard InChI is InChI=1S/C23H29N3O3/c1-17-5-3-6-18(2)22(17)29-16-4-7-21(27)25-20-10-14-26(15-11-20)23(28)19-8-12-24-13-9-19/h3,5-6,8-9,12-13,20H,4,7,10-11,14-16H2,1-2H3,(H,25,27). The summed E-state index contributed by atoms with van der Waals surface area (Å²) in [5.41, 5.74) is 2.89. The van der Waals surface area contributed by atoms with E-state index >= 15 is 0 Å². The fourth-order valence-corrected chi connectivity index (χ4v) is 3.64. The second-order valence-electron chi connectivity index (χ2n) is 7.54. The molecule has 1 fully saturated rings. The fourth-order valence-electron chi connectivity index (χ4n) is 3.64. The Morgan fingerprint density at radius 2 is 1.76 bits per heavy atom. The van der Waals surface area contributed by atoms with Gasteiger partial charge in [0.2, 0.25) is 5.91 Å². The molecule has 0 unspecified atom stereocenters. The number of aryl methyl sites for hydroxylation is 2. The third-order valence-corrected chi connectivity index (χ3v) is 5.28. The molecule has 1 aliphatic heterocycles. The lowest BCUT2D eigenvalue weighted by molar-refractivity contribution is -0.122. The molecule has 0 atom stereocenters. The third kappa shape index (κ3) is 5.79. The highest BCUT2D eigenvalue weighted by molar-refractivity contribution is 5.94. The molecule has 2 aromatic rings. The number of ether oxygens (including phenoxy) is 1. The van der Waals surface area contributed by atoms with Crippen LogP contribution in [0, 0.1) is 13.8 Å². The number of nitrogens with zero attached hydrogens (tertiary/aromatic N) is 2. The Morgan fingerprint density at radius 1 is 1.10 bits per heavy atom. The summed E-state index contributed by atoms with van der Waals surface area (Å²) in [7, 11) is 0. The fraction of sp³-hybridized carbons (Fsp3) is 0.435. The van der Waals surface area contributed by atoms with Gasteiger partial charge in [0.25, 0.3) is 5.91 Å². The van der Waals surface area contributed by atoms with Gasteiger partial charge < -0.3 is 15.0 Å². The molecule has 0 saturated carbocycles. The van der Waals surface area contributed by atoms with Gasteiger partial charge in [-0.2, -0.15) is 0 Å². The van der Waals surface area contributed by atoms with Crippen molar-refractivity contribution in [3.63, 3.8) is 0 Å². The van der Waals surface area contributed by atoms with Crippen LogP contribution in [-0.4, -0.2) is 47.4 Å². The SMILES string of the molecule is Cc1cccc(C)c1OCCCC(=O)NC1CCN(C(=O)c2ccncc2)CC1. The molecule has 154 valence electrons. The molecule has 1 N–H and O–H groups in total. The van der Waals surface area contributed by atoms with Crippen LogP contribution in [0.25, 0.3) is 0 Å². The van der Waals surface area contributed by atoms with Gasteiger partial charge in [0.1, 0.15) is 5.75 Å². The smallest absolute Gasteiger partial charge is 0.253 e. The minimum absolute atomic E-state index is 0.0285. The molecule has 1 aromatic carbocycles. The van der Waals surface area contributed by atoms with Crippen LogP contribution in [-0.2, 0) is 4.79 Å². The quantitative estimate of drug-likeness (QED) is 0.731. The lowest BCUT2D eigenvalue weighted by atomic mass is 10.0. The first-order valence-corrected chi connectivity index (χ1v) is 10.2. The van der Waals surface area contributed by atoms with Gasteiger partial charge in [0.05, 0.1) is 6.61 Å². The number of nitrogens with one attached hydrogen (secondary N) is 1. The molecule has 0 aliphatic carbocycles. The van der Waals surface area contributed by atoms with E-state index in [0.29, 0.717) is 38.1 Å². The van der Waals surface area contributed by atoms with Crippen LogP contribution in [0.5, 0.6) is 5.75 Å². The van der Waals surface area contributed by atoms with Crippen molar-refractivity contribution in [2.24, 2.45) is 0 Å². The summed E-state index contributed by atoms with van der Waals surface area (Å²) in [6.07, 6.45) is 5.94. The van der Waals surface area contributed by atoms with E-state index in [0.717, 1.165) is 29.7 Å². The van der Waals surface area contributed by atoms with Crippen LogP contribution in [0.2, 0.25) is 0 Å². The van der Waals surface area contributed by atoms with Gasteiger partial charge in [-0.05, 0) is 56.4 Å². The first kappa shape index (κ1) is 20.8. The van der Waals surface area contributed by atoms with E-state index in [2.05, 4.69) is 10.3 Å². The Labute approximate surface area is 172 Å². The molecule has 1 aliphatic rings. The zero-order valence-electron chi connectivity index (χ0n) is 17.2. The monoisotopic (exact) mass is 395 g/mol. The molecule has 0 radical (unpaired) electrons. The molecule has 1 saturated heterocycles. The normalized spacial score (nSPS) is 14.5. The summed E-state index contributed by atoms with van der Waals surface area (Å²) >= 11 is 0. The van der Waals surface area contributed by atoms with Crippen LogP contribution >= 0.6 is 0 Å². The zero-order valence-corrected chi connectivity index (χ0v) is 17.2. The maximum atomic E-state index is 12.5. The second-order valence-corrected chi connectivity index (χ2v) is 7.54. The van der Waals surface area contributed by atoms with E-state index in [4.69, 9.17) is 4.74 Å². The van der Waals surface area contributed by atoms with Crippen molar-refractivity contribution in [1.82, 2.24) is 15.2 Å². The Hall–Kier alpha value is -2.89. The van der Waals surface area contributed by atoms with Crippen LogP contribution < -0.4 is 10.1 Å². The lowest BCUT2D eigenvalue weighted by Gasteiger charge is -2.32.